The molecule has 1 rings (SSSR count). The van der Waals surface area contributed by atoms with E-state index in [9.17, 15) is 14.7 Å². The SMILES string of the molecule is CC(CC1CC1)NC(=O)NC(C(=O)O)C(C)O. The summed E-state index contributed by atoms with van der Waals surface area (Å²) in [5, 5.41) is 22.9. The van der Waals surface area contributed by atoms with Crippen molar-refractivity contribution in [1.82, 2.24) is 10.6 Å². The zero-order chi connectivity index (χ0) is 13.0. The highest BCUT2D eigenvalue weighted by atomic mass is 16.4. The van der Waals surface area contributed by atoms with Gasteiger partial charge < -0.3 is 20.8 Å². The zero-order valence-corrected chi connectivity index (χ0v) is 10.1. The second-order valence-electron chi connectivity index (χ2n) is 4.75. The maximum Gasteiger partial charge on any atom is 0.328 e. The molecule has 0 saturated heterocycles. The second kappa shape index (κ2) is 5.86. The predicted octanol–water partition coefficient (Wildman–Crippen LogP) is 0.308. The molecule has 2 amide bonds. The summed E-state index contributed by atoms with van der Waals surface area (Å²) in [6.07, 6.45) is 2.20. The monoisotopic (exact) mass is 244 g/mol. The third-order valence-corrected chi connectivity index (χ3v) is 2.80. The molecule has 0 aliphatic heterocycles. The molecule has 1 saturated carbocycles. The number of nitrogens with one attached hydrogen (secondary N) is 2. The Morgan fingerprint density at radius 2 is 1.88 bits per heavy atom. The molecule has 1 aliphatic rings. The molecule has 0 aromatic heterocycles. The van der Waals surface area contributed by atoms with Crippen molar-refractivity contribution in [3.63, 3.8) is 0 Å². The van der Waals surface area contributed by atoms with Crippen molar-refractivity contribution in [3.8, 4) is 0 Å². The van der Waals surface area contributed by atoms with Crippen molar-refractivity contribution in [2.24, 2.45) is 5.92 Å². The minimum Gasteiger partial charge on any atom is -0.480 e. The number of amides is 2. The molecule has 0 radical (unpaired) electrons. The van der Waals surface area contributed by atoms with Crippen molar-refractivity contribution in [2.75, 3.05) is 0 Å². The lowest BCUT2D eigenvalue weighted by Crippen LogP contribution is -2.52. The summed E-state index contributed by atoms with van der Waals surface area (Å²) in [6, 6.07) is -1.81. The van der Waals surface area contributed by atoms with E-state index in [1.807, 2.05) is 6.92 Å². The molecule has 98 valence electrons. The number of aliphatic carboxylic acids is 1. The van der Waals surface area contributed by atoms with Crippen LogP contribution >= 0.6 is 0 Å². The molecular formula is C11H20N2O4. The highest BCUT2D eigenvalue weighted by Crippen LogP contribution is 2.33. The first-order valence-corrected chi connectivity index (χ1v) is 5.88. The van der Waals surface area contributed by atoms with E-state index in [4.69, 9.17) is 5.11 Å². The number of carbonyl (C=O) groups excluding carboxylic acids is 1. The summed E-state index contributed by atoms with van der Waals surface area (Å²) in [6.45, 7) is 3.21. The number of aliphatic hydroxyl groups excluding tert-OH is 1. The standard InChI is InChI=1S/C11H20N2O4/c1-6(5-8-3-4-8)12-11(17)13-9(7(2)14)10(15)16/h6-9,14H,3-5H2,1-2H3,(H,15,16)(H2,12,13,17). The summed E-state index contributed by atoms with van der Waals surface area (Å²) in [7, 11) is 0. The van der Waals surface area contributed by atoms with Gasteiger partial charge in [-0.25, -0.2) is 9.59 Å². The van der Waals surface area contributed by atoms with Gasteiger partial charge in [0.1, 0.15) is 0 Å². The van der Waals surface area contributed by atoms with E-state index in [-0.39, 0.29) is 6.04 Å². The van der Waals surface area contributed by atoms with Crippen molar-refractivity contribution < 1.29 is 19.8 Å². The molecule has 0 aromatic carbocycles. The molecule has 0 heterocycles. The lowest BCUT2D eigenvalue weighted by Gasteiger charge is -2.19. The fraction of sp³-hybridized carbons (Fsp3) is 0.818. The summed E-state index contributed by atoms with van der Waals surface area (Å²) in [5.41, 5.74) is 0. The van der Waals surface area contributed by atoms with E-state index >= 15 is 0 Å². The number of carboxylic acids is 1. The van der Waals surface area contributed by atoms with E-state index in [2.05, 4.69) is 10.6 Å². The molecular weight excluding hydrogens is 224 g/mol. The van der Waals surface area contributed by atoms with Crippen LogP contribution < -0.4 is 10.6 Å². The highest BCUT2D eigenvalue weighted by Gasteiger charge is 2.27. The minimum atomic E-state index is -1.27. The average molecular weight is 244 g/mol. The third kappa shape index (κ3) is 5.04. The van der Waals surface area contributed by atoms with Gasteiger partial charge >= 0.3 is 12.0 Å². The van der Waals surface area contributed by atoms with E-state index in [0.29, 0.717) is 5.92 Å². The summed E-state index contributed by atoms with van der Waals surface area (Å²) in [5.74, 6) is -0.553. The van der Waals surface area contributed by atoms with Gasteiger partial charge in [0.25, 0.3) is 0 Å². The van der Waals surface area contributed by atoms with E-state index in [0.717, 1.165) is 6.42 Å². The normalized spacial score (nSPS) is 20.2. The predicted molar refractivity (Wildman–Crippen MR) is 61.6 cm³/mol. The van der Waals surface area contributed by atoms with Gasteiger partial charge in [-0.05, 0) is 26.2 Å². The topological polar surface area (TPSA) is 98.7 Å². The van der Waals surface area contributed by atoms with E-state index in [1.165, 1.54) is 19.8 Å². The molecule has 6 nitrogen and oxygen atoms in total. The van der Waals surface area contributed by atoms with Gasteiger partial charge in [-0.3, -0.25) is 0 Å². The Kier molecular flexibility index (Phi) is 4.74. The molecule has 1 aliphatic carbocycles. The molecule has 6 heteroatoms. The number of hydrogen-bond acceptors (Lipinski definition) is 3. The average Bonchev–Trinajstić information content (AvgIpc) is 2.96. The van der Waals surface area contributed by atoms with Crippen molar-refractivity contribution in [2.45, 2.75) is 51.3 Å². The first-order valence-electron chi connectivity index (χ1n) is 5.88. The maximum absolute atomic E-state index is 11.5. The van der Waals surface area contributed by atoms with Crippen molar-refractivity contribution in [3.05, 3.63) is 0 Å². The smallest absolute Gasteiger partial charge is 0.328 e. The van der Waals surface area contributed by atoms with Crippen LogP contribution in [0.1, 0.15) is 33.1 Å². The molecule has 1 fully saturated rings. The summed E-state index contributed by atoms with van der Waals surface area (Å²) < 4.78 is 0. The Morgan fingerprint density at radius 1 is 1.29 bits per heavy atom. The largest absolute Gasteiger partial charge is 0.480 e. The maximum atomic E-state index is 11.5. The van der Waals surface area contributed by atoms with Gasteiger partial charge in [0.2, 0.25) is 0 Å². The fourth-order valence-corrected chi connectivity index (χ4v) is 1.71. The van der Waals surface area contributed by atoms with Crippen LogP contribution in [0, 0.1) is 5.92 Å². The fourth-order valence-electron chi connectivity index (χ4n) is 1.71. The number of aliphatic hydroxyl groups is 1. The second-order valence-corrected chi connectivity index (χ2v) is 4.75. The lowest BCUT2D eigenvalue weighted by molar-refractivity contribution is -0.141. The third-order valence-electron chi connectivity index (χ3n) is 2.80. The molecule has 0 bridgehead atoms. The van der Waals surface area contributed by atoms with Crippen LogP contribution in [0.15, 0.2) is 0 Å². The van der Waals surface area contributed by atoms with Gasteiger partial charge in [-0.2, -0.15) is 0 Å². The molecule has 4 N–H and O–H groups in total. The van der Waals surface area contributed by atoms with E-state index < -0.39 is 24.1 Å². The van der Waals surface area contributed by atoms with Crippen LogP contribution in [-0.4, -0.2) is 40.4 Å². The van der Waals surface area contributed by atoms with Gasteiger partial charge in [-0.1, -0.05) is 12.8 Å². The number of rotatable bonds is 6. The van der Waals surface area contributed by atoms with Crippen LogP contribution in [0.5, 0.6) is 0 Å². The Morgan fingerprint density at radius 3 is 2.29 bits per heavy atom. The number of hydrogen-bond donors (Lipinski definition) is 4. The summed E-state index contributed by atoms with van der Waals surface area (Å²) in [4.78, 5) is 22.2. The van der Waals surface area contributed by atoms with Gasteiger partial charge in [0.05, 0.1) is 6.10 Å². The van der Waals surface area contributed by atoms with Gasteiger partial charge in [0.15, 0.2) is 6.04 Å². The van der Waals surface area contributed by atoms with Crippen molar-refractivity contribution >= 4 is 12.0 Å². The molecule has 3 atom stereocenters. The van der Waals surface area contributed by atoms with E-state index in [1.54, 1.807) is 0 Å². The Labute approximate surface area is 100 Å². The Bertz CT molecular complexity index is 289. The Hall–Kier alpha value is -1.30. The van der Waals surface area contributed by atoms with Crippen LogP contribution in [-0.2, 0) is 4.79 Å². The highest BCUT2D eigenvalue weighted by molar-refractivity contribution is 5.83. The molecule has 0 spiro atoms. The summed E-state index contributed by atoms with van der Waals surface area (Å²) >= 11 is 0. The minimum absolute atomic E-state index is 0.0194. The lowest BCUT2D eigenvalue weighted by atomic mass is 10.1. The van der Waals surface area contributed by atoms with Crippen LogP contribution in [0.3, 0.4) is 0 Å². The number of carboxylic acid groups (broad SMARTS) is 1. The number of urea groups is 1. The number of carbonyl (C=O) groups is 2. The zero-order valence-electron chi connectivity index (χ0n) is 10.1. The van der Waals surface area contributed by atoms with Gasteiger partial charge in [-0.15, -0.1) is 0 Å². The van der Waals surface area contributed by atoms with Gasteiger partial charge in [0, 0.05) is 6.04 Å². The Balaban J connectivity index is 2.32. The molecule has 17 heavy (non-hydrogen) atoms. The first kappa shape index (κ1) is 13.8. The van der Waals surface area contributed by atoms with Crippen molar-refractivity contribution in [1.29, 1.82) is 0 Å². The molecule has 0 aromatic rings. The first-order chi connectivity index (χ1) is 7.90. The van der Waals surface area contributed by atoms with Crippen LogP contribution in [0.4, 0.5) is 4.79 Å². The molecule has 3 unspecified atom stereocenters. The van der Waals surface area contributed by atoms with Crippen LogP contribution in [0.2, 0.25) is 0 Å². The van der Waals surface area contributed by atoms with Crippen LogP contribution in [0.25, 0.3) is 0 Å². The quantitative estimate of drug-likeness (QED) is 0.540.